The van der Waals surface area contributed by atoms with Crippen LogP contribution >= 0.6 is 0 Å². The van der Waals surface area contributed by atoms with Crippen LogP contribution in [0.2, 0.25) is 0 Å². The fourth-order valence-corrected chi connectivity index (χ4v) is 4.35. The normalized spacial score (nSPS) is 22.3. The molecule has 0 aromatic heterocycles. The second kappa shape index (κ2) is 16.5. The number of benzene rings is 2. The first-order valence-corrected chi connectivity index (χ1v) is 13.7. The lowest BCUT2D eigenvalue weighted by atomic mass is 10.1. The zero-order valence-corrected chi connectivity index (χ0v) is 22.5. The minimum absolute atomic E-state index is 0.494. The van der Waals surface area contributed by atoms with E-state index in [0.29, 0.717) is 66.1 Å². The average molecular weight is 527 g/mol. The summed E-state index contributed by atoms with van der Waals surface area (Å²) in [7, 11) is 0. The summed E-state index contributed by atoms with van der Waals surface area (Å²) >= 11 is 0. The van der Waals surface area contributed by atoms with Crippen molar-refractivity contribution in [2.24, 2.45) is 0 Å². The Balaban J connectivity index is 1.41. The van der Waals surface area contributed by atoms with Gasteiger partial charge >= 0.3 is 0 Å². The van der Waals surface area contributed by atoms with Gasteiger partial charge in [-0.05, 0) is 28.8 Å². The third kappa shape index (κ3) is 10.0. The maximum atomic E-state index is 6.27. The van der Waals surface area contributed by atoms with Gasteiger partial charge in [-0.3, -0.25) is 9.80 Å². The van der Waals surface area contributed by atoms with E-state index in [1.165, 1.54) is 0 Å². The molecule has 2 aliphatic heterocycles. The minimum Gasteiger partial charge on any atom is -0.488 e. The van der Waals surface area contributed by atoms with Gasteiger partial charge in [0.15, 0.2) is 11.5 Å². The smallest absolute Gasteiger partial charge is 0.161 e. The highest BCUT2D eigenvalue weighted by atomic mass is 16.5. The van der Waals surface area contributed by atoms with Crippen molar-refractivity contribution >= 4 is 6.08 Å². The van der Waals surface area contributed by atoms with Crippen molar-refractivity contribution < 1.29 is 28.4 Å². The molecule has 2 atom stereocenters. The van der Waals surface area contributed by atoms with Crippen molar-refractivity contribution in [1.29, 1.82) is 0 Å². The molecule has 38 heavy (non-hydrogen) atoms. The van der Waals surface area contributed by atoms with Gasteiger partial charge < -0.3 is 28.4 Å². The van der Waals surface area contributed by atoms with Crippen molar-refractivity contribution in [2.75, 3.05) is 92.1 Å². The number of rotatable bonds is 5. The van der Waals surface area contributed by atoms with Crippen LogP contribution in [0.3, 0.4) is 0 Å². The third-order valence-corrected chi connectivity index (χ3v) is 6.67. The molecule has 0 amide bonds. The zero-order valence-electron chi connectivity index (χ0n) is 22.5. The molecule has 1 saturated heterocycles. The lowest BCUT2D eigenvalue weighted by Crippen LogP contribution is -2.36. The largest absolute Gasteiger partial charge is 0.488 e. The molecule has 2 aromatic carbocycles. The van der Waals surface area contributed by atoms with Crippen LogP contribution in [0.5, 0.6) is 11.5 Å². The van der Waals surface area contributed by atoms with E-state index in [2.05, 4.69) is 28.5 Å². The molecule has 8 heteroatoms. The number of hydrogen-bond acceptors (Lipinski definition) is 8. The Labute approximate surface area is 227 Å². The van der Waals surface area contributed by atoms with Crippen molar-refractivity contribution in [2.45, 2.75) is 13.2 Å². The van der Waals surface area contributed by atoms with Crippen LogP contribution in [0.4, 0.5) is 0 Å². The molecule has 0 aliphatic carbocycles. The van der Waals surface area contributed by atoms with E-state index in [1.807, 2.05) is 36.4 Å². The highest BCUT2D eigenvalue weighted by Gasteiger charge is 2.13. The summed E-state index contributed by atoms with van der Waals surface area (Å²) < 4.78 is 36.0. The molecule has 2 aromatic rings. The molecule has 0 saturated carbocycles. The lowest BCUT2D eigenvalue weighted by molar-refractivity contribution is 0.0299. The van der Waals surface area contributed by atoms with Crippen LogP contribution in [0.25, 0.3) is 6.08 Å². The fraction of sp³-hybridized carbons (Fsp3) is 0.533. The lowest BCUT2D eigenvalue weighted by Gasteiger charge is -2.22. The standard InChI is InChI=1S/C30H42N2O6/c1-2-26-3-5-27(6-4-26)24-36-25-28-7-8-29-30(23-28)38-20-14-32-10-16-33-15-9-31(13-19-37-29)11-17-34-21-22-35-18-12-32/h2-8,23H,1,9-22,24-25H2. The topological polar surface area (TPSA) is 61.9 Å². The molecule has 2 unspecified atom stereocenters. The third-order valence-electron chi connectivity index (χ3n) is 6.67. The predicted molar refractivity (Wildman–Crippen MR) is 148 cm³/mol. The van der Waals surface area contributed by atoms with Crippen molar-refractivity contribution in [1.82, 2.24) is 9.80 Å². The maximum absolute atomic E-state index is 6.27. The SMILES string of the molecule is C=Cc1ccc(COCc2ccc3c(c2)OCCN2CCOCCOCCN(CCOCC2)CCO3)cc1. The highest BCUT2D eigenvalue weighted by molar-refractivity contribution is 5.47. The van der Waals surface area contributed by atoms with Gasteiger partial charge in [-0.25, -0.2) is 0 Å². The minimum atomic E-state index is 0.494. The Morgan fingerprint density at radius 1 is 0.605 bits per heavy atom. The Morgan fingerprint density at radius 2 is 1.11 bits per heavy atom. The van der Waals surface area contributed by atoms with Crippen molar-refractivity contribution in [3.8, 4) is 11.5 Å². The quantitative estimate of drug-likeness (QED) is 0.549. The number of hydrogen-bond donors (Lipinski definition) is 0. The van der Waals surface area contributed by atoms with Gasteiger partial charge in [0.2, 0.25) is 0 Å². The molecule has 2 heterocycles. The molecule has 208 valence electrons. The highest BCUT2D eigenvalue weighted by Crippen LogP contribution is 2.29. The van der Waals surface area contributed by atoms with Gasteiger partial charge in [0.25, 0.3) is 0 Å². The molecule has 2 bridgehead atoms. The molecule has 0 spiro atoms. The first-order valence-electron chi connectivity index (χ1n) is 13.7. The number of fused-ring (bicyclic) bond motifs is 7. The molecule has 0 N–H and O–H groups in total. The summed E-state index contributed by atoms with van der Waals surface area (Å²) in [5.74, 6) is 1.51. The van der Waals surface area contributed by atoms with Gasteiger partial charge in [-0.2, -0.15) is 0 Å². The summed E-state index contributed by atoms with van der Waals surface area (Å²) in [6, 6.07) is 14.3. The fourth-order valence-electron chi connectivity index (χ4n) is 4.35. The van der Waals surface area contributed by atoms with Crippen molar-refractivity contribution in [3.63, 3.8) is 0 Å². The average Bonchev–Trinajstić information content (AvgIpc) is 2.95. The van der Waals surface area contributed by atoms with Gasteiger partial charge in [-0.1, -0.05) is 43.0 Å². The number of nitrogens with zero attached hydrogens (tertiary/aromatic N) is 2. The van der Waals surface area contributed by atoms with Gasteiger partial charge in [-0.15, -0.1) is 0 Å². The van der Waals surface area contributed by atoms with E-state index in [-0.39, 0.29) is 0 Å². The van der Waals surface area contributed by atoms with E-state index in [0.717, 1.165) is 67.5 Å². The second-order valence-corrected chi connectivity index (χ2v) is 9.44. The van der Waals surface area contributed by atoms with Gasteiger partial charge in [0.05, 0.1) is 52.9 Å². The first kappa shape index (κ1) is 28.5. The van der Waals surface area contributed by atoms with E-state index in [9.17, 15) is 0 Å². The Morgan fingerprint density at radius 3 is 1.71 bits per heavy atom. The molecular formula is C30H42N2O6. The Hall–Kier alpha value is -2.46. The van der Waals surface area contributed by atoms with Crippen molar-refractivity contribution in [3.05, 3.63) is 65.7 Å². The Kier molecular flexibility index (Phi) is 12.4. The Bertz CT molecular complexity index is 954. The second-order valence-electron chi connectivity index (χ2n) is 9.44. The van der Waals surface area contributed by atoms with E-state index < -0.39 is 0 Å². The van der Waals surface area contributed by atoms with Crippen LogP contribution in [-0.4, -0.2) is 102 Å². The van der Waals surface area contributed by atoms with Crippen LogP contribution in [0, 0.1) is 0 Å². The van der Waals surface area contributed by atoms with E-state index in [4.69, 9.17) is 28.4 Å². The molecule has 0 radical (unpaired) electrons. The number of ether oxygens (including phenoxy) is 6. The van der Waals surface area contributed by atoms with Gasteiger partial charge in [0, 0.05) is 39.3 Å². The monoisotopic (exact) mass is 526 g/mol. The van der Waals surface area contributed by atoms with Gasteiger partial charge in [0.1, 0.15) is 13.2 Å². The molecular weight excluding hydrogens is 484 g/mol. The van der Waals surface area contributed by atoms with Crippen LogP contribution in [0.1, 0.15) is 16.7 Å². The summed E-state index contributed by atoms with van der Waals surface area (Å²) in [5, 5.41) is 0. The molecule has 8 nitrogen and oxygen atoms in total. The summed E-state index contributed by atoms with van der Waals surface area (Å²) in [6.45, 7) is 14.8. The van der Waals surface area contributed by atoms with E-state index >= 15 is 0 Å². The maximum Gasteiger partial charge on any atom is 0.161 e. The van der Waals surface area contributed by atoms with Crippen LogP contribution in [-0.2, 0) is 32.2 Å². The molecule has 4 rings (SSSR count). The molecule has 1 fully saturated rings. The predicted octanol–water partition coefficient (Wildman–Crippen LogP) is 3.49. The van der Waals surface area contributed by atoms with E-state index in [1.54, 1.807) is 0 Å². The molecule has 2 aliphatic rings. The summed E-state index contributed by atoms with van der Waals surface area (Å²) in [6.07, 6.45) is 1.84. The first-order chi connectivity index (χ1) is 18.8. The summed E-state index contributed by atoms with van der Waals surface area (Å²) in [4.78, 5) is 4.64. The van der Waals surface area contributed by atoms with Crippen LogP contribution in [0.15, 0.2) is 49.0 Å². The zero-order chi connectivity index (χ0) is 26.3. The van der Waals surface area contributed by atoms with Crippen LogP contribution < -0.4 is 9.47 Å². The summed E-state index contributed by atoms with van der Waals surface area (Å²) in [5.41, 5.74) is 3.28.